The van der Waals surface area contributed by atoms with E-state index in [0.717, 1.165) is 10.0 Å². The van der Waals surface area contributed by atoms with Crippen molar-refractivity contribution >= 4 is 15.9 Å². The van der Waals surface area contributed by atoms with Crippen molar-refractivity contribution in [2.45, 2.75) is 26.0 Å². The Kier molecular flexibility index (Phi) is 4.13. The Bertz CT molecular complexity index is 385. The van der Waals surface area contributed by atoms with Crippen molar-refractivity contribution in [1.29, 1.82) is 5.26 Å². The van der Waals surface area contributed by atoms with Gasteiger partial charge in [0.05, 0.1) is 0 Å². The Labute approximate surface area is 98.0 Å². The molecule has 0 radical (unpaired) electrons. The molecular formula is C11H13BrN2O. The lowest BCUT2D eigenvalue weighted by molar-refractivity contribution is 0.272. The summed E-state index contributed by atoms with van der Waals surface area (Å²) in [7, 11) is 0. The molecule has 3 nitrogen and oxygen atoms in total. The van der Waals surface area contributed by atoms with Crippen molar-refractivity contribution in [3.05, 3.63) is 28.2 Å². The van der Waals surface area contributed by atoms with E-state index >= 15 is 0 Å². The van der Waals surface area contributed by atoms with E-state index < -0.39 is 6.10 Å². The molecule has 0 bridgehead atoms. The van der Waals surface area contributed by atoms with Gasteiger partial charge in [-0.05, 0) is 26.0 Å². The van der Waals surface area contributed by atoms with Crippen LogP contribution in [-0.4, -0.2) is 6.10 Å². The van der Waals surface area contributed by atoms with Gasteiger partial charge in [-0.15, -0.1) is 0 Å². The normalized spacial score (nSPS) is 14.1. The van der Waals surface area contributed by atoms with Crippen molar-refractivity contribution in [3.8, 4) is 11.8 Å². The summed E-state index contributed by atoms with van der Waals surface area (Å²) in [6.45, 7) is 3.58. The Morgan fingerprint density at radius 3 is 2.67 bits per heavy atom. The predicted molar refractivity (Wildman–Crippen MR) is 62.4 cm³/mol. The zero-order valence-corrected chi connectivity index (χ0v) is 10.3. The molecule has 0 aromatic heterocycles. The summed E-state index contributed by atoms with van der Waals surface area (Å²) >= 11 is 3.35. The van der Waals surface area contributed by atoms with Crippen LogP contribution in [0.15, 0.2) is 22.7 Å². The second-order valence-electron chi connectivity index (χ2n) is 3.36. The number of ether oxygens (including phenoxy) is 1. The van der Waals surface area contributed by atoms with Crippen LogP contribution < -0.4 is 10.5 Å². The molecule has 1 aromatic carbocycles. The number of hydrogen-bond acceptors (Lipinski definition) is 3. The van der Waals surface area contributed by atoms with Crippen LogP contribution in [0.5, 0.6) is 5.75 Å². The summed E-state index contributed by atoms with van der Waals surface area (Å²) in [5, 5.41) is 8.68. The molecule has 0 heterocycles. The fourth-order valence-electron chi connectivity index (χ4n) is 1.20. The molecule has 80 valence electrons. The monoisotopic (exact) mass is 268 g/mol. The highest BCUT2D eigenvalue weighted by Gasteiger charge is 2.11. The molecule has 0 saturated heterocycles. The highest BCUT2D eigenvalue weighted by molar-refractivity contribution is 9.10. The maximum Gasteiger partial charge on any atom is 0.181 e. The van der Waals surface area contributed by atoms with Crippen molar-refractivity contribution in [2.75, 3.05) is 0 Å². The largest absolute Gasteiger partial charge is 0.475 e. The van der Waals surface area contributed by atoms with Gasteiger partial charge in [-0.25, -0.2) is 0 Å². The van der Waals surface area contributed by atoms with Crippen LogP contribution >= 0.6 is 15.9 Å². The summed E-state index contributed by atoms with van der Waals surface area (Å²) in [5.41, 5.74) is 6.71. The first-order chi connectivity index (χ1) is 7.04. The second kappa shape index (κ2) is 5.15. The minimum atomic E-state index is -0.475. The van der Waals surface area contributed by atoms with Gasteiger partial charge < -0.3 is 10.5 Å². The van der Waals surface area contributed by atoms with Crippen LogP contribution in [-0.2, 0) is 0 Å². The van der Waals surface area contributed by atoms with Crippen molar-refractivity contribution in [2.24, 2.45) is 5.73 Å². The minimum absolute atomic E-state index is 0.112. The zero-order chi connectivity index (χ0) is 11.4. The van der Waals surface area contributed by atoms with Gasteiger partial charge in [-0.3, -0.25) is 0 Å². The fourth-order valence-corrected chi connectivity index (χ4v) is 1.54. The Morgan fingerprint density at radius 2 is 2.13 bits per heavy atom. The Morgan fingerprint density at radius 1 is 1.47 bits per heavy atom. The van der Waals surface area contributed by atoms with E-state index in [-0.39, 0.29) is 6.04 Å². The van der Waals surface area contributed by atoms with E-state index in [1.165, 1.54) is 0 Å². The lowest BCUT2D eigenvalue weighted by Crippen LogP contribution is -2.13. The van der Waals surface area contributed by atoms with Gasteiger partial charge >= 0.3 is 0 Å². The lowest BCUT2D eigenvalue weighted by atomic mass is 10.1. The van der Waals surface area contributed by atoms with Crippen LogP contribution in [0.4, 0.5) is 0 Å². The third-order valence-corrected chi connectivity index (χ3v) is 2.44. The predicted octanol–water partition coefficient (Wildman–Crippen LogP) is 2.76. The van der Waals surface area contributed by atoms with Crippen molar-refractivity contribution < 1.29 is 4.74 Å². The number of hydrogen-bond donors (Lipinski definition) is 1. The maximum atomic E-state index is 8.68. The van der Waals surface area contributed by atoms with Crippen LogP contribution in [0, 0.1) is 11.3 Å². The average Bonchev–Trinajstić information content (AvgIpc) is 2.17. The minimum Gasteiger partial charge on any atom is -0.475 e. The molecule has 1 aromatic rings. The first kappa shape index (κ1) is 12.0. The Balaban J connectivity index is 3.03. The van der Waals surface area contributed by atoms with E-state index in [1.807, 2.05) is 31.2 Å². The summed E-state index contributed by atoms with van der Waals surface area (Å²) < 4.78 is 6.37. The first-order valence-electron chi connectivity index (χ1n) is 4.66. The van der Waals surface area contributed by atoms with E-state index in [9.17, 15) is 0 Å². The SMILES string of the molecule is CC(C#N)Oc1cc(Br)ccc1C(C)N. The smallest absolute Gasteiger partial charge is 0.181 e. The number of halogens is 1. The van der Waals surface area contributed by atoms with Gasteiger partial charge in [0.15, 0.2) is 6.10 Å². The van der Waals surface area contributed by atoms with Gasteiger partial charge in [0.25, 0.3) is 0 Å². The molecule has 0 amide bonds. The van der Waals surface area contributed by atoms with Gasteiger partial charge in [0.1, 0.15) is 11.8 Å². The summed E-state index contributed by atoms with van der Waals surface area (Å²) in [6.07, 6.45) is -0.475. The second-order valence-corrected chi connectivity index (χ2v) is 4.28. The van der Waals surface area contributed by atoms with Crippen molar-refractivity contribution in [1.82, 2.24) is 0 Å². The highest BCUT2D eigenvalue weighted by Crippen LogP contribution is 2.28. The number of benzene rings is 1. The zero-order valence-electron chi connectivity index (χ0n) is 8.70. The molecule has 2 N–H and O–H groups in total. The summed E-state index contributed by atoms with van der Waals surface area (Å²) in [5.74, 6) is 0.661. The molecule has 4 heteroatoms. The third-order valence-electron chi connectivity index (χ3n) is 1.95. The van der Waals surface area contributed by atoms with Crippen LogP contribution in [0.1, 0.15) is 25.5 Å². The van der Waals surface area contributed by atoms with Gasteiger partial charge in [-0.1, -0.05) is 22.0 Å². The molecule has 2 unspecified atom stereocenters. The van der Waals surface area contributed by atoms with Crippen LogP contribution in [0.25, 0.3) is 0 Å². The van der Waals surface area contributed by atoms with E-state index in [2.05, 4.69) is 15.9 Å². The van der Waals surface area contributed by atoms with E-state index in [0.29, 0.717) is 5.75 Å². The molecular weight excluding hydrogens is 256 g/mol. The lowest BCUT2D eigenvalue weighted by Gasteiger charge is -2.15. The molecule has 2 atom stereocenters. The Hall–Kier alpha value is -1.05. The maximum absolute atomic E-state index is 8.68. The van der Waals surface area contributed by atoms with Crippen LogP contribution in [0.3, 0.4) is 0 Å². The third kappa shape index (κ3) is 3.22. The molecule has 15 heavy (non-hydrogen) atoms. The number of nitriles is 1. The molecule has 1 rings (SSSR count). The summed E-state index contributed by atoms with van der Waals surface area (Å²) in [4.78, 5) is 0. The number of nitrogens with zero attached hydrogens (tertiary/aromatic N) is 1. The van der Waals surface area contributed by atoms with E-state index in [1.54, 1.807) is 6.92 Å². The van der Waals surface area contributed by atoms with E-state index in [4.69, 9.17) is 15.7 Å². The molecule has 0 aliphatic heterocycles. The number of nitrogens with two attached hydrogens (primary N) is 1. The fraction of sp³-hybridized carbons (Fsp3) is 0.364. The molecule has 0 spiro atoms. The molecule has 0 saturated carbocycles. The standard InChI is InChI=1S/C11H13BrN2O/c1-7(6-13)15-11-5-9(12)3-4-10(11)8(2)14/h3-5,7-8H,14H2,1-2H3. The first-order valence-corrected chi connectivity index (χ1v) is 5.45. The van der Waals surface area contributed by atoms with Gasteiger partial charge in [-0.2, -0.15) is 5.26 Å². The highest BCUT2D eigenvalue weighted by atomic mass is 79.9. The number of rotatable bonds is 3. The molecule has 0 aliphatic carbocycles. The van der Waals surface area contributed by atoms with Crippen LogP contribution in [0.2, 0.25) is 0 Å². The summed E-state index contributed by atoms with van der Waals surface area (Å²) in [6, 6.07) is 7.54. The van der Waals surface area contributed by atoms with Crippen molar-refractivity contribution in [3.63, 3.8) is 0 Å². The molecule has 0 aliphatic rings. The molecule has 0 fully saturated rings. The topological polar surface area (TPSA) is 59.0 Å². The van der Waals surface area contributed by atoms with Gasteiger partial charge in [0, 0.05) is 16.1 Å². The quantitative estimate of drug-likeness (QED) is 0.917. The average molecular weight is 269 g/mol. The van der Waals surface area contributed by atoms with Gasteiger partial charge in [0.2, 0.25) is 0 Å².